The number of hydrogen-bond donors (Lipinski definition) is 2. The van der Waals surface area contributed by atoms with E-state index in [0.717, 1.165) is 5.69 Å². The molecule has 0 radical (unpaired) electrons. The molecule has 150 valence electrons. The molecular weight excluding hydrogens is 364 g/mol. The smallest absolute Gasteiger partial charge is 0.258 e. The van der Waals surface area contributed by atoms with E-state index in [-0.39, 0.29) is 11.3 Å². The van der Waals surface area contributed by atoms with E-state index in [2.05, 4.69) is 53.5 Å². The number of carbonyl (C=O) groups is 1. The number of anilines is 3. The van der Waals surface area contributed by atoms with Gasteiger partial charge in [-0.25, -0.2) is 9.97 Å². The molecule has 0 atom stereocenters. The predicted octanol–water partition coefficient (Wildman–Crippen LogP) is 5.17. The van der Waals surface area contributed by atoms with Gasteiger partial charge >= 0.3 is 0 Å². The van der Waals surface area contributed by atoms with E-state index >= 15 is 0 Å². The van der Waals surface area contributed by atoms with E-state index in [1.807, 2.05) is 37.3 Å². The minimum atomic E-state index is -0.293. The number of benzene rings is 2. The zero-order chi connectivity index (χ0) is 20.9. The fraction of sp³-hybridized carbons (Fsp3) is 0.261. The Hall–Kier alpha value is -3.41. The topological polar surface area (TPSA) is 76.1 Å². The van der Waals surface area contributed by atoms with E-state index in [1.54, 1.807) is 6.07 Å². The Labute approximate surface area is 171 Å². The lowest BCUT2D eigenvalue weighted by molar-refractivity contribution is 0.102. The van der Waals surface area contributed by atoms with Crippen LogP contribution in [-0.2, 0) is 5.41 Å². The van der Waals surface area contributed by atoms with Crippen molar-refractivity contribution in [2.24, 2.45) is 0 Å². The summed E-state index contributed by atoms with van der Waals surface area (Å²) in [5.74, 6) is 0.763. The van der Waals surface area contributed by atoms with Crippen molar-refractivity contribution in [3.8, 4) is 5.75 Å². The van der Waals surface area contributed by atoms with Crippen LogP contribution in [0.2, 0.25) is 0 Å². The summed E-state index contributed by atoms with van der Waals surface area (Å²) in [5.41, 5.74) is 3.22. The van der Waals surface area contributed by atoms with Gasteiger partial charge in [-0.15, -0.1) is 0 Å². The van der Waals surface area contributed by atoms with Gasteiger partial charge in [0, 0.05) is 18.1 Å². The third-order valence-electron chi connectivity index (χ3n) is 4.36. The molecule has 0 aliphatic carbocycles. The van der Waals surface area contributed by atoms with Crippen molar-refractivity contribution >= 4 is 23.2 Å². The number of para-hydroxylation sites is 2. The molecule has 3 rings (SSSR count). The van der Waals surface area contributed by atoms with E-state index in [1.165, 1.54) is 18.0 Å². The van der Waals surface area contributed by atoms with Crippen molar-refractivity contribution in [2.45, 2.75) is 33.1 Å². The third kappa shape index (κ3) is 5.31. The van der Waals surface area contributed by atoms with Gasteiger partial charge in [-0.2, -0.15) is 0 Å². The highest BCUT2D eigenvalue weighted by atomic mass is 16.5. The summed E-state index contributed by atoms with van der Waals surface area (Å²) in [5, 5.41) is 5.99. The second-order valence-electron chi connectivity index (χ2n) is 7.63. The number of hydrogen-bond acceptors (Lipinski definition) is 5. The Morgan fingerprint density at radius 1 is 1.00 bits per heavy atom. The first kappa shape index (κ1) is 20.3. The zero-order valence-electron chi connectivity index (χ0n) is 17.2. The number of aromatic nitrogens is 2. The average Bonchev–Trinajstić information content (AvgIpc) is 2.70. The lowest BCUT2D eigenvalue weighted by Gasteiger charge is -2.19. The molecule has 2 aromatic carbocycles. The number of amides is 1. The Bertz CT molecular complexity index is 961. The molecule has 6 heteroatoms. The maximum Gasteiger partial charge on any atom is 0.258 e. The van der Waals surface area contributed by atoms with Gasteiger partial charge < -0.3 is 15.4 Å². The van der Waals surface area contributed by atoms with Crippen LogP contribution in [0.5, 0.6) is 5.75 Å². The number of nitrogens with one attached hydrogen (secondary N) is 2. The van der Waals surface area contributed by atoms with Crippen molar-refractivity contribution in [3.05, 3.63) is 72.1 Å². The van der Waals surface area contributed by atoms with E-state index in [9.17, 15) is 4.79 Å². The van der Waals surface area contributed by atoms with E-state index in [0.29, 0.717) is 29.6 Å². The summed E-state index contributed by atoms with van der Waals surface area (Å²) in [7, 11) is 0. The summed E-state index contributed by atoms with van der Waals surface area (Å²) in [4.78, 5) is 21.0. The van der Waals surface area contributed by atoms with Crippen LogP contribution in [0, 0.1) is 0 Å². The number of carbonyl (C=O) groups excluding carboxylic acids is 1. The third-order valence-corrected chi connectivity index (χ3v) is 4.36. The highest BCUT2D eigenvalue weighted by Crippen LogP contribution is 2.25. The molecule has 3 aromatic rings. The molecule has 6 nitrogen and oxygen atoms in total. The largest absolute Gasteiger partial charge is 0.492 e. The molecule has 0 aliphatic heterocycles. The van der Waals surface area contributed by atoms with Gasteiger partial charge in [-0.3, -0.25) is 4.79 Å². The van der Waals surface area contributed by atoms with Crippen molar-refractivity contribution in [3.63, 3.8) is 0 Å². The Balaban J connectivity index is 1.66. The van der Waals surface area contributed by atoms with Gasteiger partial charge in [0.2, 0.25) is 5.95 Å². The standard InChI is InChI=1S/C23H26N4O2/c1-5-29-20-9-7-6-8-19(20)27-21(28)16-14-24-22(25-15-16)26-18-12-10-17(11-13-18)23(2,3)4/h6-15H,5H2,1-4H3,(H,27,28)(H,24,25,26). The van der Waals surface area contributed by atoms with Crippen LogP contribution in [0.1, 0.15) is 43.6 Å². The fourth-order valence-electron chi connectivity index (χ4n) is 2.74. The summed E-state index contributed by atoms with van der Waals surface area (Å²) in [6.45, 7) is 8.95. The molecule has 0 fully saturated rings. The SMILES string of the molecule is CCOc1ccccc1NC(=O)c1cnc(Nc2ccc(C(C)(C)C)cc2)nc1. The Morgan fingerprint density at radius 3 is 2.28 bits per heavy atom. The van der Waals surface area contributed by atoms with Crippen LogP contribution >= 0.6 is 0 Å². The predicted molar refractivity (Wildman–Crippen MR) is 116 cm³/mol. The minimum Gasteiger partial charge on any atom is -0.492 e. The average molecular weight is 390 g/mol. The molecule has 2 N–H and O–H groups in total. The van der Waals surface area contributed by atoms with Gasteiger partial charge in [-0.05, 0) is 42.2 Å². The molecule has 0 unspecified atom stereocenters. The van der Waals surface area contributed by atoms with Crippen LogP contribution < -0.4 is 15.4 Å². The minimum absolute atomic E-state index is 0.102. The molecule has 0 aliphatic rings. The lowest BCUT2D eigenvalue weighted by atomic mass is 9.87. The van der Waals surface area contributed by atoms with Gasteiger partial charge in [0.25, 0.3) is 5.91 Å². The maximum atomic E-state index is 12.5. The first-order valence-electron chi connectivity index (χ1n) is 9.59. The highest BCUT2D eigenvalue weighted by Gasteiger charge is 2.13. The molecule has 0 spiro atoms. The molecule has 0 saturated heterocycles. The summed E-state index contributed by atoms with van der Waals surface area (Å²) in [6, 6.07) is 15.5. The molecular formula is C23H26N4O2. The summed E-state index contributed by atoms with van der Waals surface area (Å²) in [6.07, 6.45) is 3.00. The van der Waals surface area contributed by atoms with Gasteiger partial charge in [0.05, 0.1) is 17.9 Å². The van der Waals surface area contributed by atoms with Crippen molar-refractivity contribution in [1.29, 1.82) is 0 Å². The number of nitrogens with zero attached hydrogens (tertiary/aromatic N) is 2. The van der Waals surface area contributed by atoms with Crippen LogP contribution in [0.25, 0.3) is 0 Å². The summed E-state index contributed by atoms with van der Waals surface area (Å²) >= 11 is 0. The first-order valence-corrected chi connectivity index (χ1v) is 9.59. The maximum absolute atomic E-state index is 12.5. The highest BCUT2D eigenvalue weighted by molar-refractivity contribution is 6.04. The van der Waals surface area contributed by atoms with Crippen LogP contribution in [0.3, 0.4) is 0 Å². The van der Waals surface area contributed by atoms with Gasteiger partial charge in [0.1, 0.15) is 5.75 Å². The van der Waals surface area contributed by atoms with Crippen molar-refractivity contribution in [1.82, 2.24) is 9.97 Å². The second-order valence-corrected chi connectivity index (χ2v) is 7.63. The lowest BCUT2D eigenvalue weighted by Crippen LogP contribution is -2.14. The molecule has 29 heavy (non-hydrogen) atoms. The monoisotopic (exact) mass is 390 g/mol. The second kappa shape index (κ2) is 8.73. The van der Waals surface area contributed by atoms with Crippen molar-refractivity contribution in [2.75, 3.05) is 17.2 Å². The molecule has 0 saturated carbocycles. The van der Waals surface area contributed by atoms with Crippen LogP contribution in [-0.4, -0.2) is 22.5 Å². The van der Waals surface area contributed by atoms with Gasteiger partial charge in [0.15, 0.2) is 0 Å². The molecule has 0 bridgehead atoms. The Kier molecular flexibility index (Phi) is 6.12. The summed E-state index contributed by atoms with van der Waals surface area (Å²) < 4.78 is 5.53. The molecule has 1 aromatic heterocycles. The van der Waals surface area contributed by atoms with E-state index in [4.69, 9.17) is 4.74 Å². The van der Waals surface area contributed by atoms with Crippen LogP contribution in [0.4, 0.5) is 17.3 Å². The number of ether oxygens (including phenoxy) is 1. The van der Waals surface area contributed by atoms with Gasteiger partial charge in [-0.1, -0.05) is 45.0 Å². The van der Waals surface area contributed by atoms with E-state index < -0.39 is 0 Å². The van der Waals surface area contributed by atoms with Crippen LogP contribution in [0.15, 0.2) is 60.9 Å². The first-order chi connectivity index (χ1) is 13.9. The fourth-order valence-corrected chi connectivity index (χ4v) is 2.74. The molecule has 1 amide bonds. The molecule has 1 heterocycles. The number of rotatable bonds is 6. The van der Waals surface area contributed by atoms with Crippen molar-refractivity contribution < 1.29 is 9.53 Å². The zero-order valence-corrected chi connectivity index (χ0v) is 17.2. The quantitative estimate of drug-likeness (QED) is 0.607. The Morgan fingerprint density at radius 2 is 1.66 bits per heavy atom. The normalized spacial score (nSPS) is 11.0.